The Kier molecular flexibility index (Phi) is 4.82. The van der Waals surface area contributed by atoms with Crippen LogP contribution in [0.4, 0.5) is 13.2 Å². The standard InChI is InChI=1S/C24H18F3N3O/c25-24(26,27)19-13-11-16(12-14-19)21-20-15-31-23(18-9-5-2-6-10-18)22(30(20)29-28-21)17-7-3-1-4-8-17/h1-14,22-23H,15H2/t22-,23+/m0/s1. The van der Waals surface area contributed by atoms with E-state index in [-0.39, 0.29) is 18.8 Å². The van der Waals surface area contributed by atoms with Gasteiger partial charge >= 0.3 is 6.18 Å². The fraction of sp³-hybridized carbons (Fsp3) is 0.167. The van der Waals surface area contributed by atoms with E-state index in [2.05, 4.69) is 10.3 Å². The van der Waals surface area contributed by atoms with Crippen molar-refractivity contribution in [3.63, 3.8) is 0 Å². The summed E-state index contributed by atoms with van der Waals surface area (Å²) in [4.78, 5) is 0. The zero-order valence-electron chi connectivity index (χ0n) is 16.3. The number of rotatable bonds is 3. The molecule has 2 atom stereocenters. The molecule has 0 unspecified atom stereocenters. The molecule has 4 aromatic rings. The Bertz CT molecular complexity index is 1170. The number of hydrogen-bond donors (Lipinski definition) is 0. The molecule has 5 rings (SSSR count). The summed E-state index contributed by atoms with van der Waals surface area (Å²) >= 11 is 0. The molecule has 0 bridgehead atoms. The zero-order valence-corrected chi connectivity index (χ0v) is 16.3. The summed E-state index contributed by atoms with van der Waals surface area (Å²) in [7, 11) is 0. The van der Waals surface area contributed by atoms with Gasteiger partial charge in [-0.15, -0.1) is 5.10 Å². The fourth-order valence-electron chi connectivity index (χ4n) is 3.99. The van der Waals surface area contributed by atoms with Crippen LogP contribution < -0.4 is 0 Å². The molecular formula is C24H18F3N3O. The van der Waals surface area contributed by atoms with Crippen molar-refractivity contribution in [1.82, 2.24) is 15.0 Å². The number of nitrogens with zero attached hydrogens (tertiary/aromatic N) is 3. The second-order valence-corrected chi connectivity index (χ2v) is 7.40. The molecule has 31 heavy (non-hydrogen) atoms. The highest BCUT2D eigenvalue weighted by Crippen LogP contribution is 2.42. The van der Waals surface area contributed by atoms with Crippen molar-refractivity contribution in [2.75, 3.05) is 0 Å². The third-order valence-electron chi connectivity index (χ3n) is 5.50. The summed E-state index contributed by atoms with van der Waals surface area (Å²) in [5.41, 5.74) is 3.18. The largest absolute Gasteiger partial charge is 0.416 e. The van der Waals surface area contributed by atoms with Gasteiger partial charge in [-0.2, -0.15) is 13.2 Å². The minimum Gasteiger partial charge on any atom is -0.365 e. The predicted octanol–water partition coefficient (Wildman–Crippen LogP) is 5.82. The van der Waals surface area contributed by atoms with Crippen LogP contribution in [0.25, 0.3) is 11.3 Å². The zero-order chi connectivity index (χ0) is 21.4. The Morgan fingerprint density at radius 3 is 2.03 bits per heavy atom. The van der Waals surface area contributed by atoms with Crippen molar-refractivity contribution >= 4 is 0 Å². The van der Waals surface area contributed by atoms with E-state index in [9.17, 15) is 13.2 Å². The SMILES string of the molecule is FC(F)(F)c1ccc(-c2nnn3c2CO[C@H](c2ccccc2)[C@@H]3c2ccccc2)cc1. The van der Waals surface area contributed by atoms with Gasteiger partial charge in [-0.05, 0) is 23.3 Å². The lowest BCUT2D eigenvalue weighted by atomic mass is 9.94. The van der Waals surface area contributed by atoms with E-state index in [0.29, 0.717) is 11.3 Å². The van der Waals surface area contributed by atoms with Gasteiger partial charge in [-0.25, -0.2) is 4.68 Å². The Morgan fingerprint density at radius 1 is 0.806 bits per heavy atom. The first-order chi connectivity index (χ1) is 15.0. The summed E-state index contributed by atoms with van der Waals surface area (Å²) in [5, 5.41) is 8.72. The van der Waals surface area contributed by atoms with Crippen molar-refractivity contribution in [3.8, 4) is 11.3 Å². The van der Waals surface area contributed by atoms with Crippen LogP contribution in [0.2, 0.25) is 0 Å². The molecule has 0 N–H and O–H groups in total. The van der Waals surface area contributed by atoms with Crippen LogP contribution in [-0.2, 0) is 17.5 Å². The maximum Gasteiger partial charge on any atom is 0.416 e. The number of halogens is 3. The van der Waals surface area contributed by atoms with E-state index in [0.717, 1.165) is 29.0 Å². The second kappa shape index (κ2) is 7.67. The van der Waals surface area contributed by atoms with Crippen LogP contribution in [0, 0.1) is 0 Å². The van der Waals surface area contributed by atoms with Gasteiger partial charge in [-0.3, -0.25) is 0 Å². The molecule has 1 aliphatic rings. The van der Waals surface area contributed by atoms with Gasteiger partial charge in [0.25, 0.3) is 0 Å². The monoisotopic (exact) mass is 421 g/mol. The normalized spacial score (nSPS) is 18.5. The molecular weight excluding hydrogens is 403 g/mol. The molecule has 7 heteroatoms. The summed E-state index contributed by atoms with van der Waals surface area (Å²) in [6.07, 6.45) is -4.65. The molecule has 3 aromatic carbocycles. The van der Waals surface area contributed by atoms with E-state index >= 15 is 0 Å². The summed E-state index contributed by atoms with van der Waals surface area (Å²) < 4.78 is 46.9. The molecule has 0 saturated carbocycles. The smallest absolute Gasteiger partial charge is 0.365 e. The van der Waals surface area contributed by atoms with E-state index in [1.807, 2.05) is 65.3 Å². The van der Waals surface area contributed by atoms with Crippen molar-refractivity contribution in [1.29, 1.82) is 0 Å². The van der Waals surface area contributed by atoms with Crippen LogP contribution in [0.15, 0.2) is 84.9 Å². The topological polar surface area (TPSA) is 39.9 Å². The van der Waals surface area contributed by atoms with Gasteiger partial charge < -0.3 is 4.74 Å². The van der Waals surface area contributed by atoms with Crippen LogP contribution in [0.3, 0.4) is 0 Å². The highest BCUT2D eigenvalue weighted by Gasteiger charge is 2.36. The molecule has 2 heterocycles. The van der Waals surface area contributed by atoms with E-state index in [1.165, 1.54) is 12.1 Å². The summed E-state index contributed by atoms with van der Waals surface area (Å²) in [6, 6.07) is 24.5. The Labute approximate surface area is 176 Å². The van der Waals surface area contributed by atoms with Crippen molar-refractivity contribution < 1.29 is 17.9 Å². The molecule has 0 saturated heterocycles. The number of hydrogen-bond acceptors (Lipinski definition) is 3. The third-order valence-corrected chi connectivity index (χ3v) is 5.50. The second-order valence-electron chi connectivity index (χ2n) is 7.40. The molecule has 1 aliphatic heterocycles. The maximum absolute atomic E-state index is 12.9. The first-order valence-corrected chi connectivity index (χ1v) is 9.85. The van der Waals surface area contributed by atoms with E-state index in [1.54, 1.807) is 0 Å². The Morgan fingerprint density at radius 2 is 1.42 bits per heavy atom. The van der Waals surface area contributed by atoms with Gasteiger partial charge in [0, 0.05) is 5.56 Å². The molecule has 0 aliphatic carbocycles. The number of ether oxygens (including phenoxy) is 1. The van der Waals surface area contributed by atoms with Gasteiger partial charge in [0.1, 0.15) is 17.8 Å². The minimum atomic E-state index is -4.38. The number of fused-ring (bicyclic) bond motifs is 1. The first-order valence-electron chi connectivity index (χ1n) is 9.85. The number of aromatic nitrogens is 3. The highest BCUT2D eigenvalue weighted by atomic mass is 19.4. The molecule has 0 amide bonds. The molecule has 0 fully saturated rings. The lowest BCUT2D eigenvalue weighted by molar-refractivity contribution is -0.137. The minimum absolute atomic E-state index is 0.247. The van der Waals surface area contributed by atoms with Crippen LogP contribution >= 0.6 is 0 Å². The van der Waals surface area contributed by atoms with Crippen molar-refractivity contribution in [2.24, 2.45) is 0 Å². The van der Waals surface area contributed by atoms with E-state index in [4.69, 9.17) is 4.74 Å². The van der Waals surface area contributed by atoms with Gasteiger partial charge in [-0.1, -0.05) is 78.0 Å². The predicted molar refractivity (Wildman–Crippen MR) is 109 cm³/mol. The average Bonchev–Trinajstić information content (AvgIpc) is 3.23. The molecule has 0 spiro atoms. The molecule has 1 aromatic heterocycles. The Hall–Kier alpha value is -3.45. The van der Waals surface area contributed by atoms with Crippen LogP contribution in [0.1, 0.15) is 34.5 Å². The molecule has 156 valence electrons. The Balaban J connectivity index is 1.58. The van der Waals surface area contributed by atoms with Gasteiger partial charge in [0.05, 0.1) is 17.9 Å². The lowest BCUT2D eigenvalue weighted by Gasteiger charge is -2.33. The molecule has 4 nitrogen and oxygen atoms in total. The molecule has 0 radical (unpaired) electrons. The number of benzene rings is 3. The highest BCUT2D eigenvalue weighted by molar-refractivity contribution is 5.62. The summed E-state index contributed by atoms with van der Waals surface area (Å²) in [5.74, 6) is 0. The lowest BCUT2D eigenvalue weighted by Crippen LogP contribution is -2.29. The maximum atomic E-state index is 12.9. The van der Waals surface area contributed by atoms with Crippen molar-refractivity contribution in [3.05, 3.63) is 107 Å². The van der Waals surface area contributed by atoms with Gasteiger partial charge in [0.2, 0.25) is 0 Å². The van der Waals surface area contributed by atoms with Gasteiger partial charge in [0.15, 0.2) is 0 Å². The first kappa shape index (κ1) is 19.5. The quantitative estimate of drug-likeness (QED) is 0.418. The average molecular weight is 421 g/mol. The van der Waals surface area contributed by atoms with Crippen LogP contribution in [-0.4, -0.2) is 15.0 Å². The summed E-state index contributed by atoms with van der Waals surface area (Å²) in [6.45, 7) is 0.256. The third kappa shape index (κ3) is 3.61. The fourth-order valence-corrected chi connectivity index (χ4v) is 3.99. The van der Waals surface area contributed by atoms with E-state index < -0.39 is 11.7 Å². The van der Waals surface area contributed by atoms with Crippen LogP contribution in [0.5, 0.6) is 0 Å². The number of alkyl halides is 3. The van der Waals surface area contributed by atoms with Crippen molar-refractivity contribution in [2.45, 2.75) is 24.9 Å².